The molecular weight excluding hydrogens is 596 g/mol. The standard InChI is InChI=1S/C35H50N8O4/c1-5-23(3)21-41-14-16-42(17-15-41)22-25(44)19-36-33(45)27-11-12-28(31-26(27)13-18-47-31)38-35-37-20-30-32(39-35)43(24-9-7-8-10-24)29(6-2)34(46)40(30)4/h9,11-12,20,23,25,29,44H,5-8,10,13-19,21-22H2,1-4H3,(H,36,45)(H,37,38,39). The molecule has 0 spiro atoms. The molecule has 3 aliphatic heterocycles. The van der Waals surface area contributed by atoms with Gasteiger partial charge in [-0.3, -0.25) is 14.5 Å². The third-order valence-corrected chi connectivity index (χ3v) is 10.0. The van der Waals surface area contributed by atoms with Crippen LogP contribution in [0.25, 0.3) is 0 Å². The van der Waals surface area contributed by atoms with Gasteiger partial charge < -0.3 is 35.2 Å². The summed E-state index contributed by atoms with van der Waals surface area (Å²) in [5.74, 6) is 2.24. The quantitative estimate of drug-likeness (QED) is 0.315. The number of aromatic nitrogens is 2. The maximum absolute atomic E-state index is 13.3. The summed E-state index contributed by atoms with van der Waals surface area (Å²) in [7, 11) is 1.78. The first-order chi connectivity index (χ1) is 22.8. The lowest BCUT2D eigenvalue weighted by atomic mass is 10.0. The van der Waals surface area contributed by atoms with Crippen LogP contribution in [0.5, 0.6) is 5.75 Å². The van der Waals surface area contributed by atoms with Gasteiger partial charge in [0.1, 0.15) is 17.5 Å². The molecule has 12 nitrogen and oxygen atoms in total. The topological polar surface area (TPSA) is 126 Å². The highest BCUT2D eigenvalue weighted by Gasteiger charge is 2.39. The summed E-state index contributed by atoms with van der Waals surface area (Å²) in [5, 5.41) is 17.0. The molecular formula is C35H50N8O4. The fourth-order valence-corrected chi connectivity index (χ4v) is 7.13. The van der Waals surface area contributed by atoms with E-state index in [0.717, 1.165) is 63.2 Å². The number of nitrogens with one attached hydrogen (secondary N) is 2. The van der Waals surface area contributed by atoms with Gasteiger partial charge in [0.15, 0.2) is 5.82 Å². The van der Waals surface area contributed by atoms with Crippen LogP contribution in [0, 0.1) is 5.92 Å². The summed E-state index contributed by atoms with van der Waals surface area (Å²) in [5.41, 5.74) is 3.86. The van der Waals surface area contributed by atoms with Crippen molar-refractivity contribution in [2.45, 2.75) is 71.4 Å². The van der Waals surface area contributed by atoms with Gasteiger partial charge in [-0.25, -0.2) is 4.98 Å². The van der Waals surface area contributed by atoms with Gasteiger partial charge in [0.05, 0.1) is 24.6 Å². The number of carbonyl (C=O) groups excluding carboxylic acids is 2. The van der Waals surface area contributed by atoms with Gasteiger partial charge in [0.2, 0.25) is 11.9 Å². The highest BCUT2D eigenvalue weighted by atomic mass is 16.5. The van der Waals surface area contributed by atoms with Gasteiger partial charge in [-0.1, -0.05) is 33.3 Å². The van der Waals surface area contributed by atoms with Gasteiger partial charge in [0.25, 0.3) is 5.91 Å². The number of aliphatic hydroxyl groups is 1. The van der Waals surface area contributed by atoms with Gasteiger partial charge in [-0.05, 0) is 43.7 Å². The molecule has 1 fully saturated rings. The second-order valence-corrected chi connectivity index (χ2v) is 13.4. The molecule has 3 N–H and O–H groups in total. The normalized spacial score (nSPS) is 21.2. The van der Waals surface area contributed by atoms with Gasteiger partial charge in [0, 0.05) is 76.1 Å². The molecule has 254 valence electrons. The summed E-state index contributed by atoms with van der Waals surface area (Å²) in [4.78, 5) is 44.5. The smallest absolute Gasteiger partial charge is 0.251 e. The van der Waals surface area contributed by atoms with Crippen LogP contribution in [0.2, 0.25) is 0 Å². The number of likely N-dealkylation sites (N-methyl/N-ethyl adjacent to an activating group) is 1. The average Bonchev–Trinajstić information content (AvgIpc) is 3.80. The number of piperazine rings is 1. The largest absolute Gasteiger partial charge is 0.491 e. The molecule has 12 heteroatoms. The molecule has 1 aromatic heterocycles. The number of nitrogens with zero attached hydrogens (tertiary/aromatic N) is 6. The molecule has 0 saturated carbocycles. The zero-order valence-electron chi connectivity index (χ0n) is 28.3. The van der Waals surface area contributed by atoms with E-state index in [1.165, 1.54) is 6.42 Å². The lowest BCUT2D eigenvalue weighted by Gasteiger charge is -2.41. The Labute approximate surface area is 278 Å². The molecule has 1 saturated heterocycles. The van der Waals surface area contributed by atoms with Crippen LogP contribution in [0.4, 0.5) is 23.1 Å². The number of anilines is 4. The van der Waals surface area contributed by atoms with Gasteiger partial charge in [-0.15, -0.1) is 0 Å². The first kappa shape index (κ1) is 33.2. The Balaban J connectivity index is 1.11. The van der Waals surface area contributed by atoms with E-state index >= 15 is 0 Å². The predicted octanol–water partition coefficient (Wildman–Crippen LogP) is 3.54. The molecule has 0 bridgehead atoms. The van der Waals surface area contributed by atoms with Crippen LogP contribution in [0.3, 0.4) is 0 Å². The van der Waals surface area contributed by atoms with E-state index in [1.807, 2.05) is 13.0 Å². The maximum Gasteiger partial charge on any atom is 0.251 e. The Morgan fingerprint density at radius 2 is 1.89 bits per heavy atom. The highest BCUT2D eigenvalue weighted by Crippen LogP contribution is 2.41. The van der Waals surface area contributed by atoms with Crippen LogP contribution < -0.4 is 25.2 Å². The minimum atomic E-state index is -0.646. The second kappa shape index (κ2) is 14.6. The number of aliphatic hydroxyl groups excluding tert-OH is 1. The molecule has 3 atom stereocenters. The number of amides is 2. The third kappa shape index (κ3) is 7.09. The summed E-state index contributed by atoms with van der Waals surface area (Å²) in [6.45, 7) is 12.8. The zero-order chi connectivity index (χ0) is 33.1. The number of hydrogen-bond acceptors (Lipinski definition) is 10. The van der Waals surface area contributed by atoms with E-state index in [9.17, 15) is 14.7 Å². The fraction of sp³-hybridized carbons (Fsp3) is 0.600. The SMILES string of the molecule is CCC(C)CN1CCN(CC(O)CNC(=O)c2ccc(Nc3ncc4c(n3)N(C3=CCCC3)C(CC)C(=O)N4C)c3c2CCO3)CC1. The molecule has 2 amide bonds. The molecule has 1 aliphatic carbocycles. The van der Waals surface area contributed by atoms with Gasteiger partial charge in [-0.2, -0.15) is 4.98 Å². The number of fused-ring (bicyclic) bond motifs is 2. The highest BCUT2D eigenvalue weighted by molar-refractivity contribution is 6.05. The van der Waals surface area contributed by atoms with Crippen molar-refractivity contribution in [3.63, 3.8) is 0 Å². The van der Waals surface area contributed by atoms with Crippen LogP contribution in [0.15, 0.2) is 30.1 Å². The lowest BCUT2D eigenvalue weighted by molar-refractivity contribution is -0.119. The van der Waals surface area contributed by atoms with Crippen molar-refractivity contribution < 1.29 is 19.4 Å². The average molecular weight is 647 g/mol. The number of β-amino-alcohol motifs (C(OH)–C–C–N with tert-alkyl or cyclic N) is 1. The molecule has 0 radical (unpaired) electrons. The van der Waals surface area contributed by atoms with E-state index in [4.69, 9.17) is 9.72 Å². The molecule has 6 rings (SSSR count). The van der Waals surface area contributed by atoms with Crippen molar-refractivity contribution in [1.82, 2.24) is 25.1 Å². The van der Waals surface area contributed by atoms with Gasteiger partial charge >= 0.3 is 0 Å². The van der Waals surface area contributed by atoms with Crippen molar-refractivity contribution in [1.29, 1.82) is 0 Å². The predicted molar refractivity (Wildman–Crippen MR) is 184 cm³/mol. The summed E-state index contributed by atoms with van der Waals surface area (Å²) >= 11 is 0. The van der Waals surface area contributed by atoms with E-state index in [1.54, 1.807) is 24.2 Å². The number of benzene rings is 1. The minimum Gasteiger partial charge on any atom is -0.491 e. The molecule has 1 aromatic carbocycles. The van der Waals surface area contributed by atoms with Crippen molar-refractivity contribution >= 4 is 35.0 Å². The van der Waals surface area contributed by atoms with E-state index in [0.29, 0.717) is 66.4 Å². The minimum absolute atomic E-state index is 0.0417. The molecule has 2 aromatic rings. The second-order valence-electron chi connectivity index (χ2n) is 13.4. The molecule has 4 aliphatic rings. The summed E-state index contributed by atoms with van der Waals surface area (Å²) < 4.78 is 6.01. The van der Waals surface area contributed by atoms with Crippen LogP contribution in [0.1, 0.15) is 68.8 Å². The Hall–Kier alpha value is -3.74. The van der Waals surface area contributed by atoms with Crippen LogP contribution >= 0.6 is 0 Å². The summed E-state index contributed by atoms with van der Waals surface area (Å²) in [6.07, 6.45) is 8.70. The number of ether oxygens (including phenoxy) is 1. The number of allylic oxidation sites excluding steroid dienone is 2. The van der Waals surface area contributed by atoms with Crippen molar-refractivity contribution in [3.05, 3.63) is 41.2 Å². The van der Waals surface area contributed by atoms with Crippen molar-refractivity contribution in [2.75, 3.05) is 74.6 Å². The molecule has 3 unspecified atom stereocenters. The molecule has 47 heavy (non-hydrogen) atoms. The van der Waals surface area contributed by atoms with Crippen LogP contribution in [-0.2, 0) is 11.2 Å². The van der Waals surface area contributed by atoms with E-state index < -0.39 is 6.10 Å². The Kier molecular flexibility index (Phi) is 10.3. The monoisotopic (exact) mass is 646 g/mol. The van der Waals surface area contributed by atoms with Crippen molar-refractivity contribution in [3.8, 4) is 5.75 Å². The Morgan fingerprint density at radius 3 is 2.60 bits per heavy atom. The van der Waals surface area contributed by atoms with Crippen LogP contribution in [-0.4, -0.2) is 108 Å². The summed E-state index contributed by atoms with van der Waals surface area (Å²) in [6, 6.07) is 3.30. The van der Waals surface area contributed by atoms with Crippen molar-refractivity contribution in [2.24, 2.45) is 5.92 Å². The number of hydrogen-bond donors (Lipinski definition) is 3. The first-order valence-corrected chi connectivity index (χ1v) is 17.4. The Morgan fingerprint density at radius 1 is 1.13 bits per heavy atom. The molecule has 4 heterocycles. The zero-order valence-corrected chi connectivity index (χ0v) is 28.3. The maximum atomic E-state index is 13.3. The first-order valence-electron chi connectivity index (χ1n) is 17.4. The number of rotatable bonds is 12. The van der Waals surface area contributed by atoms with E-state index in [-0.39, 0.29) is 24.4 Å². The Bertz CT molecular complexity index is 1490. The lowest BCUT2D eigenvalue weighted by Crippen LogP contribution is -2.51. The fourth-order valence-electron chi connectivity index (χ4n) is 7.13. The number of carbonyl (C=O) groups is 2. The third-order valence-electron chi connectivity index (χ3n) is 10.0. The van der Waals surface area contributed by atoms with E-state index in [2.05, 4.69) is 50.2 Å².